The largest absolute Gasteiger partial charge is 0.329 e. The quantitative estimate of drug-likeness (QED) is 0.454. The van der Waals surface area contributed by atoms with Crippen LogP contribution in [-0.4, -0.2) is 18.6 Å². The highest BCUT2D eigenvalue weighted by molar-refractivity contribution is 4.97. The molecule has 0 aromatic heterocycles. The summed E-state index contributed by atoms with van der Waals surface area (Å²) in [5.41, 5.74) is 5.88. The molecule has 0 heterocycles. The first-order chi connectivity index (χ1) is 5.33. The van der Waals surface area contributed by atoms with Gasteiger partial charge in [-0.2, -0.15) is 0 Å². The fraction of sp³-hybridized carbons (Fsp3) is 0.778. The second-order valence-electron chi connectivity index (χ2n) is 3.22. The van der Waals surface area contributed by atoms with Crippen molar-refractivity contribution < 1.29 is 0 Å². The molecule has 2 nitrogen and oxygen atoms in total. The molecule has 0 aliphatic heterocycles. The van der Waals surface area contributed by atoms with Gasteiger partial charge in [-0.25, -0.2) is 0 Å². The van der Waals surface area contributed by atoms with Crippen LogP contribution in [0, 0.1) is 12.3 Å². The first-order valence-electron chi connectivity index (χ1n) is 4.21. The van der Waals surface area contributed by atoms with E-state index in [4.69, 9.17) is 12.2 Å². The van der Waals surface area contributed by atoms with E-state index in [2.05, 4.69) is 11.2 Å². The van der Waals surface area contributed by atoms with E-state index in [1.807, 2.05) is 0 Å². The van der Waals surface area contributed by atoms with Gasteiger partial charge in [0.2, 0.25) is 0 Å². The highest BCUT2D eigenvalue weighted by atomic mass is 15.0. The van der Waals surface area contributed by atoms with Crippen LogP contribution in [0.1, 0.15) is 25.7 Å². The van der Waals surface area contributed by atoms with Gasteiger partial charge in [0, 0.05) is 25.0 Å². The second kappa shape index (κ2) is 3.75. The number of rotatable bonds is 4. The standard InChI is InChI=1S/C9H16N2/c1-2-3-7-11-9(8-10)5-4-6-9/h1,11H,3-8,10H2. The fourth-order valence-corrected chi connectivity index (χ4v) is 1.46. The van der Waals surface area contributed by atoms with E-state index in [1.54, 1.807) is 0 Å². The van der Waals surface area contributed by atoms with E-state index < -0.39 is 0 Å². The third-order valence-electron chi connectivity index (χ3n) is 2.47. The maximum absolute atomic E-state index is 5.64. The van der Waals surface area contributed by atoms with Crippen LogP contribution in [0.3, 0.4) is 0 Å². The number of terminal acetylenes is 1. The van der Waals surface area contributed by atoms with E-state index in [0.717, 1.165) is 19.5 Å². The van der Waals surface area contributed by atoms with E-state index >= 15 is 0 Å². The smallest absolute Gasteiger partial charge is 0.0304 e. The van der Waals surface area contributed by atoms with Crippen LogP contribution in [0.4, 0.5) is 0 Å². The van der Waals surface area contributed by atoms with Crippen molar-refractivity contribution in [1.29, 1.82) is 0 Å². The molecule has 1 fully saturated rings. The highest BCUT2D eigenvalue weighted by Crippen LogP contribution is 2.30. The minimum Gasteiger partial charge on any atom is -0.329 e. The van der Waals surface area contributed by atoms with E-state index in [0.29, 0.717) is 0 Å². The van der Waals surface area contributed by atoms with Crippen LogP contribution in [0.25, 0.3) is 0 Å². The summed E-state index contributed by atoms with van der Waals surface area (Å²) in [5.74, 6) is 2.61. The van der Waals surface area contributed by atoms with Gasteiger partial charge in [0.15, 0.2) is 0 Å². The molecule has 11 heavy (non-hydrogen) atoms. The van der Waals surface area contributed by atoms with Crippen LogP contribution in [0.15, 0.2) is 0 Å². The predicted octanol–water partition coefficient (Wildman–Crippen LogP) is 0.481. The normalized spacial score (nSPS) is 20.4. The first-order valence-corrected chi connectivity index (χ1v) is 4.21. The summed E-state index contributed by atoms with van der Waals surface area (Å²) in [4.78, 5) is 0. The predicted molar refractivity (Wildman–Crippen MR) is 47.1 cm³/mol. The lowest BCUT2D eigenvalue weighted by molar-refractivity contribution is 0.195. The number of hydrogen-bond donors (Lipinski definition) is 2. The Morgan fingerprint density at radius 2 is 2.27 bits per heavy atom. The van der Waals surface area contributed by atoms with Crippen molar-refractivity contribution in [3.8, 4) is 12.3 Å². The van der Waals surface area contributed by atoms with Crippen molar-refractivity contribution in [2.75, 3.05) is 13.1 Å². The van der Waals surface area contributed by atoms with Crippen molar-refractivity contribution in [2.24, 2.45) is 5.73 Å². The number of nitrogens with one attached hydrogen (secondary N) is 1. The average Bonchev–Trinajstić information content (AvgIpc) is 1.95. The molecule has 0 unspecified atom stereocenters. The van der Waals surface area contributed by atoms with Gasteiger partial charge >= 0.3 is 0 Å². The minimum absolute atomic E-state index is 0.247. The molecule has 0 radical (unpaired) electrons. The van der Waals surface area contributed by atoms with Crippen molar-refractivity contribution in [3.05, 3.63) is 0 Å². The Hall–Kier alpha value is -0.520. The van der Waals surface area contributed by atoms with Crippen molar-refractivity contribution in [3.63, 3.8) is 0 Å². The molecule has 0 amide bonds. The summed E-state index contributed by atoms with van der Waals surface area (Å²) < 4.78 is 0. The van der Waals surface area contributed by atoms with Gasteiger partial charge in [0.05, 0.1) is 0 Å². The van der Waals surface area contributed by atoms with Gasteiger partial charge in [0.1, 0.15) is 0 Å². The lowest BCUT2D eigenvalue weighted by Gasteiger charge is -2.41. The Morgan fingerprint density at radius 3 is 2.64 bits per heavy atom. The molecule has 1 rings (SSSR count). The van der Waals surface area contributed by atoms with Crippen molar-refractivity contribution in [2.45, 2.75) is 31.2 Å². The van der Waals surface area contributed by atoms with Gasteiger partial charge in [-0.3, -0.25) is 0 Å². The molecule has 0 atom stereocenters. The lowest BCUT2D eigenvalue weighted by atomic mass is 9.77. The van der Waals surface area contributed by atoms with Crippen LogP contribution in [-0.2, 0) is 0 Å². The maximum atomic E-state index is 5.64. The van der Waals surface area contributed by atoms with Crippen LogP contribution < -0.4 is 11.1 Å². The van der Waals surface area contributed by atoms with Crippen LogP contribution in [0.5, 0.6) is 0 Å². The van der Waals surface area contributed by atoms with Gasteiger partial charge in [-0.15, -0.1) is 12.3 Å². The summed E-state index contributed by atoms with van der Waals surface area (Å²) >= 11 is 0. The maximum Gasteiger partial charge on any atom is 0.0304 e. The first kappa shape index (κ1) is 8.58. The minimum atomic E-state index is 0.247. The summed E-state index contributed by atoms with van der Waals surface area (Å²) in [7, 11) is 0. The second-order valence-corrected chi connectivity index (χ2v) is 3.22. The number of hydrogen-bond acceptors (Lipinski definition) is 2. The lowest BCUT2D eigenvalue weighted by Crippen LogP contribution is -2.56. The molecule has 0 bridgehead atoms. The summed E-state index contributed by atoms with van der Waals surface area (Å²) in [6, 6.07) is 0. The van der Waals surface area contributed by atoms with E-state index in [9.17, 15) is 0 Å². The van der Waals surface area contributed by atoms with Crippen LogP contribution >= 0.6 is 0 Å². The molecule has 62 valence electrons. The zero-order valence-corrected chi connectivity index (χ0v) is 6.90. The van der Waals surface area contributed by atoms with Crippen molar-refractivity contribution in [1.82, 2.24) is 5.32 Å². The zero-order chi connectivity index (χ0) is 8.16. The third kappa shape index (κ3) is 1.95. The molecule has 3 N–H and O–H groups in total. The Bertz CT molecular complexity index is 148. The van der Waals surface area contributed by atoms with E-state index in [1.165, 1.54) is 19.3 Å². The average molecular weight is 152 g/mol. The molecule has 0 aromatic rings. The molecule has 0 aromatic carbocycles. The summed E-state index contributed by atoms with van der Waals surface area (Å²) in [5, 5.41) is 3.42. The Kier molecular flexibility index (Phi) is 2.92. The monoisotopic (exact) mass is 152 g/mol. The van der Waals surface area contributed by atoms with Gasteiger partial charge < -0.3 is 11.1 Å². The molecule has 1 saturated carbocycles. The third-order valence-corrected chi connectivity index (χ3v) is 2.47. The van der Waals surface area contributed by atoms with Gasteiger partial charge in [-0.1, -0.05) is 0 Å². The van der Waals surface area contributed by atoms with Crippen molar-refractivity contribution >= 4 is 0 Å². The highest BCUT2D eigenvalue weighted by Gasteiger charge is 2.34. The Labute approximate surface area is 68.5 Å². The Morgan fingerprint density at radius 1 is 1.55 bits per heavy atom. The zero-order valence-electron chi connectivity index (χ0n) is 6.90. The Balaban J connectivity index is 2.17. The molecular weight excluding hydrogens is 136 g/mol. The molecule has 2 heteroatoms. The number of nitrogens with two attached hydrogens (primary N) is 1. The van der Waals surface area contributed by atoms with E-state index in [-0.39, 0.29) is 5.54 Å². The molecule has 1 aliphatic carbocycles. The summed E-state index contributed by atoms with van der Waals surface area (Å²) in [6.45, 7) is 1.66. The topological polar surface area (TPSA) is 38.0 Å². The fourth-order valence-electron chi connectivity index (χ4n) is 1.46. The molecule has 1 aliphatic rings. The van der Waals surface area contributed by atoms with Crippen LogP contribution in [0.2, 0.25) is 0 Å². The molecule has 0 saturated heterocycles. The van der Waals surface area contributed by atoms with Gasteiger partial charge in [-0.05, 0) is 19.3 Å². The molecular formula is C9H16N2. The van der Waals surface area contributed by atoms with Gasteiger partial charge in [0.25, 0.3) is 0 Å². The summed E-state index contributed by atoms with van der Waals surface area (Å²) in [6.07, 6.45) is 9.68. The molecule has 0 spiro atoms. The SMILES string of the molecule is C#CCCNC1(CN)CCC1.